The molecule has 1 aliphatic heterocycles. The monoisotopic (exact) mass is 522 g/mol. The topological polar surface area (TPSA) is 35.5 Å². The van der Waals surface area contributed by atoms with Crippen LogP contribution in [0, 0.1) is 33.5 Å². The molecule has 0 aromatic rings. The Morgan fingerprint density at radius 3 is 2.43 bits per heavy atom. The smallest absolute Gasteiger partial charge is 0.202 e. The molecule has 1 saturated heterocycles. The molecule has 6 rings (SSSR count). The van der Waals surface area contributed by atoms with Crippen molar-refractivity contribution in [1.29, 1.82) is 0 Å². The van der Waals surface area contributed by atoms with Crippen LogP contribution in [0.15, 0.2) is 23.3 Å². The molecule has 30 heavy (non-hydrogen) atoms. The largest absolute Gasteiger partial charge is 0.349 e. The van der Waals surface area contributed by atoms with Gasteiger partial charge in [0.1, 0.15) is 0 Å². The van der Waals surface area contributed by atoms with Crippen molar-refractivity contribution in [2.75, 3.05) is 13.2 Å². The van der Waals surface area contributed by atoms with Gasteiger partial charge in [-0.2, -0.15) is 0 Å². The van der Waals surface area contributed by atoms with Gasteiger partial charge >= 0.3 is 0 Å². The molecule has 0 radical (unpaired) electrons. The van der Waals surface area contributed by atoms with Crippen molar-refractivity contribution < 1.29 is 14.3 Å². The quantitative estimate of drug-likeness (QED) is 0.228. The Balaban J connectivity index is 1.30. The SMILES string of the molecule is CC1(C)COC2(CCC3=C(CC[C@@H]4[C@@H]3CC[C@@]3(C)C45C=C[C@]3(C(=O)I)CC5)C2)OC1. The maximum atomic E-state index is 12.8. The molecule has 2 saturated carbocycles. The van der Waals surface area contributed by atoms with Gasteiger partial charge in [0.05, 0.1) is 18.6 Å². The van der Waals surface area contributed by atoms with E-state index in [0.717, 1.165) is 38.9 Å². The highest BCUT2D eigenvalue weighted by Crippen LogP contribution is 2.78. The van der Waals surface area contributed by atoms with Crippen molar-refractivity contribution >= 4 is 26.4 Å². The lowest BCUT2D eigenvalue weighted by molar-refractivity contribution is -0.303. The second kappa shape index (κ2) is 6.22. The molecule has 0 N–H and O–H groups in total. The van der Waals surface area contributed by atoms with Crippen LogP contribution in [0.2, 0.25) is 0 Å². The molecule has 1 spiro atoms. The van der Waals surface area contributed by atoms with Crippen LogP contribution in [0.5, 0.6) is 0 Å². The number of carbonyl (C=O) groups excluding carboxylic acids is 1. The van der Waals surface area contributed by atoms with Crippen LogP contribution in [-0.4, -0.2) is 22.8 Å². The predicted octanol–water partition coefficient (Wildman–Crippen LogP) is 6.36. The summed E-state index contributed by atoms with van der Waals surface area (Å²) in [6.07, 6.45) is 15.2. The molecule has 5 atom stereocenters. The molecule has 3 nitrogen and oxygen atoms in total. The third kappa shape index (κ3) is 2.37. The Labute approximate surface area is 194 Å². The third-order valence-electron chi connectivity index (χ3n) is 10.4. The molecule has 4 heteroatoms. The zero-order valence-corrected chi connectivity index (χ0v) is 20.8. The van der Waals surface area contributed by atoms with E-state index in [1.807, 2.05) is 0 Å². The Morgan fingerprint density at radius 1 is 1.00 bits per heavy atom. The molecule has 164 valence electrons. The molecule has 3 fully saturated rings. The van der Waals surface area contributed by atoms with Crippen LogP contribution in [0.25, 0.3) is 0 Å². The van der Waals surface area contributed by atoms with E-state index >= 15 is 0 Å². The summed E-state index contributed by atoms with van der Waals surface area (Å²) in [5.41, 5.74) is 3.72. The highest BCUT2D eigenvalue weighted by Gasteiger charge is 2.73. The first-order valence-corrected chi connectivity index (χ1v) is 13.1. The molecule has 2 bridgehead atoms. The molecule has 0 aromatic heterocycles. The van der Waals surface area contributed by atoms with Gasteiger partial charge in [-0.3, -0.25) is 4.79 Å². The summed E-state index contributed by atoms with van der Waals surface area (Å²) in [6, 6.07) is 0. The van der Waals surface area contributed by atoms with E-state index in [0.29, 0.717) is 15.6 Å². The van der Waals surface area contributed by atoms with E-state index in [9.17, 15) is 4.79 Å². The summed E-state index contributed by atoms with van der Waals surface area (Å²) in [4.78, 5) is 12.8. The van der Waals surface area contributed by atoms with Crippen molar-refractivity contribution in [2.45, 2.75) is 84.3 Å². The zero-order chi connectivity index (χ0) is 21.0. The summed E-state index contributed by atoms with van der Waals surface area (Å²) in [7, 11) is 0. The van der Waals surface area contributed by atoms with Crippen LogP contribution in [0.1, 0.15) is 78.6 Å². The number of allylic oxidation sites excluding steroid dienone is 3. The Morgan fingerprint density at radius 2 is 1.77 bits per heavy atom. The lowest BCUT2D eigenvalue weighted by Crippen LogP contribution is -2.54. The van der Waals surface area contributed by atoms with Crippen LogP contribution in [0.4, 0.5) is 0 Å². The molecular formula is C26H35IO3. The van der Waals surface area contributed by atoms with Gasteiger partial charge in [0.15, 0.2) is 5.79 Å². The minimum absolute atomic E-state index is 0.129. The summed E-state index contributed by atoms with van der Waals surface area (Å²) in [5.74, 6) is 1.07. The fraction of sp³-hybridized carbons (Fsp3) is 0.808. The van der Waals surface area contributed by atoms with Gasteiger partial charge in [-0.05, 0) is 67.6 Å². The average molecular weight is 522 g/mol. The van der Waals surface area contributed by atoms with E-state index < -0.39 is 0 Å². The first-order valence-electron chi connectivity index (χ1n) is 12.1. The Bertz CT molecular complexity index is 862. The molecule has 5 aliphatic carbocycles. The van der Waals surface area contributed by atoms with Crippen molar-refractivity contribution in [3.63, 3.8) is 0 Å². The van der Waals surface area contributed by atoms with Crippen molar-refractivity contribution in [3.8, 4) is 0 Å². The lowest BCUT2D eigenvalue weighted by atomic mass is 9.46. The number of rotatable bonds is 1. The maximum absolute atomic E-state index is 12.8. The third-order valence-corrected chi connectivity index (χ3v) is 11.4. The zero-order valence-electron chi connectivity index (χ0n) is 18.7. The van der Waals surface area contributed by atoms with Gasteiger partial charge in [0.25, 0.3) is 0 Å². The molecule has 6 aliphatic rings. The number of carbonyl (C=O) groups is 1. The van der Waals surface area contributed by atoms with Gasteiger partial charge in [0.2, 0.25) is 3.79 Å². The summed E-state index contributed by atoms with van der Waals surface area (Å²) in [6.45, 7) is 8.53. The van der Waals surface area contributed by atoms with Crippen LogP contribution < -0.4 is 0 Å². The van der Waals surface area contributed by atoms with Gasteiger partial charge < -0.3 is 9.47 Å². The number of hydrogen-bond donors (Lipinski definition) is 0. The second-order valence-electron chi connectivity index (χ2n) is 12.2. The molecular weight excluding hydrogens is 487 g/mol. The van der Waals surface area contributed by atoms with Gasteiger partial charge in [-0.15, -0.1) is 0 Å². The van der Waals surface area contributed by atoms with Crippen LogP contribution >= 0.6 is 22.6 Å². The number of halogens is 1. The molecule has 1 heterocycles. The summed E-state index contributed by atoms with van der Waals surface area (Å²) >= 11 is 2.09. The van der Waals surface area contributed by atoms with Gasteiger partial charge in [0, 0.05) is 40.8 Å². The standard InChI is InChI=1S/C26H35IO3/c1-22(2)15-29-26(30-16-22)9-7-18-17(14-26)4-5-20-19(18)6-8-23(3)24(20)10-12-25(23,13-11-24)21(27)28/h10,12,19-20H,4-9,11,13-16H2,1-3H3/t19-,20-,23+,24?,25-/m1/s1. The normalized spacial score (nSPS) is 47.7. The van der Waals surface area contributed by atoms with Gasteiger partial charge in [-0.25, -0.2) is 0 Å². The van der Waals surface area contributed by atoms with Crippen molar-refractivity contribution in [2.24, 2.45) is 33.5 Å². The minimum Gasteiger partial charge on any atom is -0.349 e. The van der Waals surface area contributed by atoms with E-state index in [-0.39, 0.29) is 27.4 Å². The summed E-state index contributed by atoms with van der Waals surface area (Å²) in [5, 5.41) is 0. The Hall–Kier alpha value is -0.200. The first kappa shape index (κ1) is 20.4. The fourth-order valence-corrected chi connectivity index (χ4v) is 9.71. The second-order valence-corrected chi connectivity index (χ2v) is 13.2. The van der Waals surface area contributed by atoms with Crippen molar-refractivity contribution in [1.82, 2.24) is 0 Å². The first-order chi connectivity index (χ1) is 14.2. The highest BCUT2D eigenvalue weighted by atomic mass is 127. The number of fused-ring (bicyclic) bond motifs is 2. The lowest BCUT2D eigenvalue weighted by Gasteiger charge is -2.58. The number of ether oxygens (including phenoxy) is 2. The van der Waals surface area contributed by atoms with E-state index in [2.05, 4.69) is 55.5 Å². The minimum atomic E-state index is -0.355. The summed E-state index contributed by atoms with van der Waals surface area (Å²) < 4.78 is 13.1. The fourth-order valence-electron chi connectivity index (χ4n) is 8.67. The van der Waals surface area contributed by atoms with Crippen LogP contribution in [0.3, 0.4) is 0 Å². The molecule has 1 unspecified atom stereocenters. The molecule has 0 amide bonds. The van der Waals surface area contributed by atoms with E-state index in [4.69, 9.17) is 9.47 Å². The van der Waals surface area contributed by atoms with Crippen molar-refractivity contribution in [3.05, 3.63) is 23.3 Å². The predicted molar refractivity (Wildman–Crippen MR) is 125 cm³/mol. The van der Waals surface area contributed by atoms with Crippen LogP contribution in [-0.2, 0) is 14.3 Å². The molecule has 0 aromatic carbocycles. The maximum Gasteiger partial charge on any atom is 0.202 e. The Kier molecular flexibility index (Phi) is 4.23. The number of hydrogen-bond acceptors (Lipinski definition) is 3. The average Bonchev–Trinajstić information content (AvgIpc) is 3.15. The van der Waals surface area contributed by atoms with Gasteiger partial charge in [-0.1, -0.05) is 44.1 Å². The van der Waals surface area contributed by atoms with E-state index in [1.165, 1.54) is 32.1 Å². The van der Waals surface area contributed by atoms with E-state index in [1.54, 1.807) is 11.1 Å². The highest BCUT2D eigenvalue weighted by molar-refractivity contribution is 14.1.